The second-order valence-corrected chi connectivity index (χ2v) is 5.39. The van der Waals surface area contributed by atoms with E-state index in [9.17, 15) is 4.79 Å². The minimum atomic E-state index is 0.280. The number of hydrogen-bond donors (Lipinski definition) is 2. The van der Waals surface area contributed by atoms with Crippen molar-refractivity contribution in [1.29, 1.82) is 0 Å². The van der Waals surface area contributed by atoms with E-state index in [0.29, 0.717) is 12.5 Å². The van der Waals surface area contributed by atoms with E-state index in [1.807, 2.05) is 11.9 Å². The Hall–Kier alpha value is -1.39. The van der Waals surface area contributed by atoms with Crippen LogP contribution in [0.1, 0.15) is 17.5 Å². The molecule has 0 aromatic heterocycles. The molecule has 0 atom stereocenters. The molecule has 0 saturated carbocycles. The number of aryl methyl sites for hydroxylation is 1. The van der Waals surface area contributed by atoms with Gasteiger partial charge in [-0.25, -0.2) is 0 Å². The van der Waals surface area contributed by atoms with Crippen molar-refractivity contribution in [2.45, 2.75) is 25.3 Å². The molecular weight excluding hydrogens is 238 g/mol. The molecule has 1 aromatic rings. The van der Waals surface area contributed by atoms with Crippen LogP contribution in [-0.2, 0) is 17.6 Å². The van der Waals surface area contributed by atoms with Crippen molar-refractivity contribution in [2.75, 3.05) is 31.6 Å². The predicted octanol–water partition coefficient (Wildman–Crippen LogP) is 0.699. The second-order valence-electron chi connectivity index (χ2n) is 5.39. The predicted molar refractivity (Wildman–Crippen MR) is 76.5 cm³/mol. The Morgan fingerprint density at radius 2 is 2.21 bits per heavy atom. The van der Waals surface area contributed by atoms with Gasteiger partial charge in [0.1, 0.15) is 0 Å². The van der Waals surface area contributed by atoms with Gasteiger partial charge in [-0.3, -0.25) is 4.79 Å². The summed E-state index contributed by atoms with van der Waals surface area (Å²) in [6, 6.07) is 6.93. The highest BCUT2D eigenvalue weighted by atomic mass is 16.2. The average Bonchev–Trinajstić information content (AvgIpc) is 2.37. The zero-order chi connectivity index (χ0) is 13.2. The monoisotopic (exact) mass is 259 g/mol. The molecule has 19 heavy (non-hydrogen) atoms. The summed E-state index contributed by atoms with van der Waals surface area (Å²) in [5.74, 6) is 0.280. The first kappa shape index (κ1) is 12.6. The summed E-state index contributed by atoms with van der Waals surface area (Å²) in [7, 11) is 1.97. The number of nitrogens with one attached hydrogen (secondary N) is 2. The highest BCUT2D eigenvalue weighted by Gasteiger charge is 2.33. The van der Waals surface area contributed by atoms with Gasteiger partial charge in [0.05, 0.1) is 6.04 Å². The molecule has 2 aliphatic heterocycles. The van der Waals surface area contributed by atoms with Crippen LogP contribution in [0.25, 0.3) is 0 Å². The lowest BCUT2D eigenvalue weighted by Gasteiger charge is -2.41. The van der Waals surface area contributed by atoms with E-state index in [2.05, 4.69) is 28.8 Å². The highest BCUT2D eigenvalue weighted by molar-refractivity contribution is 5.97. The van der Waals surface area contributed by atoms with Gasteiger partial charge in [-0.1, -0.05) is 12.1 Å². The number of fused-ring (bicyclic) bond motifs is 1. The topological polar surface area (TPSA) is 44.4 Å². The summed E-state index contributed by atoms with van der Waals surface area (Å²) >= 11 is 0. The Morgan fingerprint density at radius 3 is 2.89 bits per heavy atom. The average molecular weight is 259 g/mol. The largest absolute Gasteiger partial charge is 0.319 e. The number of carbonyl (C=O) groups excluding carboxylic acids is 1. The Balaban J connectivity index is 1.86. The van der Waals surface area contributed by atoms with Crippen molar-refractivity contribution in [3.05, 3.63) is 29.3 Å². The molecule has 2 aliphatic rings. The van der Waals surface area contributed by atoms with Gasteiger partial charge in [-0.2, -0.15) is 0 Å². The van der Waals surface area contributed by atoms with Crippen LogP contribution >= 0.6 is 0 Å². The van der Waals surface area contributed by atoms with Crippen LogP contribution in [0.4, 0.5) is 5.69 Å². The zero-order valence-electron chi connectivity index (χ0n) is 11.4. The van der Waals surface area contributed by atoms with Crippen molar-refractivity contribution in [3.8, 4) is 0 Å². The number of anilines is 1. The summed E-state index contributed by atoms with van der Waals surface area (Å²) in [4.78, 5) is 14.1. The normalized spacial score (nSPS) is 19.2. The minimum Gasteiger partial charge on any atom is -0.319 e. The lowest BCUT2D eigenvalue weighted by Crippen LogP contribution is -2.60. The quantitative estimate of drug-likeness (QED) is 0.836. The maximum atomic E-state index is 12.1. The smallest absolute Gasteiger partial charge is 0.227 e. The summed E-state index contributed by atoms with van der Waals surface area (Å²) in [5, 5.41) is 6.42. The minimum absolute atomic E-state index is 0.280. The van der Waals surface area contributed by atoms with E-state index in [1.54, 1.807) is 0 Å². The standard InChI is InChI=1S/C15H21N3O/c1-16-7-6-11-2-4-14-12(8-11)3-5-15(19)18(14)13-9-17-10-13/h2,4,8,13,16-17H,3,5-7,9-10H2,1H3. The Morgan fingerprint density at radius 1 is 1.37 bits per heavy atom. The van der Waals surface area contributed by atoms with Crippen LogP contribution in [0.3, 0.4) is 0 Å². The van der Waals surface area contributed by atoms with Gasteiger partial charge < -0.3 is 15.5 Å². The molecule has 1 saturated heterocycles. The summed E-state index contributed by atoms with van der Waals surface area (Å²) < 4.78 is 0. The number of carbonyl (C=O) groups is 1. The Labute approximate surface area is 114 Å². The third-order valence-electron chi connectivity index (χ3n) is 4.07. The summed E-state index contributed by atoms with van der Waals surface area (Å²) in [6.07, 6.45) is 2.58. The van der Waals surface area contributed by atoms with Gasteiger partial charge in [0, 0.05) is 25.2 Å². The molecule has 4 heteroatoms. The Bertz CT molecular complexity index is 482. The molecule has 0 spiro atoms. The molecule has 3 rings (SSSR count). The van der Waals surface area contributed by atoms with Crippen molar-refractivity contribution in [2.24, 2.45) is 0 Å². The van der Waals surface area contributed by atoms with Crippen molar-refractivity contribution in [1.82, 2.24) is 10.6 Å². The third kappa shape index (κ3) is 2.38. The number of rotatable bonds is 4. The lowest BCUT2D eigenvalue weighted by molar-refractivity contribution is -0.119. The van der Waals surface area contributed by atoms with Crippen molar-refractivity contribution < 1.29 is 4.79 Å². The van der Waals surface area contributed by atoms with E-state index >= 15 is 0 Å². The number of amides is 1. The van der Waals surface area contributed by atoms with Crippen LogP contribution in [-0.4, -0.2) is 38.6 Å². The zero-order valence-corrected chi connectivity index (χ0v) is 11.4. The summed E-state index contributed by atoms with van der Waals surface area (Å²) in [5.41, 5.74) is 3.82. The lowest BCUT2D eigenvalue weighted by atomic mass is 9.95. The van der Waals surface area contributed by atoms with Crippen molar-refractivity contribution in [3.63, 3.8) is 0 Å². The van der Waals surface area contributed by atoms with Crippen LogP contribution in [0.15, 0.2) is 18.2 Å². The molecule has 102 valence electrons. The molecule has 2 heterocycles. The first-order valence-electron chi connectivity index (χ1n) is 7.09. The van der Waals surface area contributed by atoms with E-state index in [-0.39, 0.29) is 5.91 Å². The molecule has 4 nitrogen and oxygen atoms in total. The van der Waals surface area contributed by atoms with Crippen LogP contribution < -0.4 is 15.5 Å². The van der Waals surface area contributed by atoms with E-state index in [1.165, 1.54) is 11.1 Å². The van der Waals surface area contributed by atoms with Crippen molar-refractivity contribution >= 4 is 11.6 Å². The van der Waals surface area contributed by atoms with Gasteiger partial charge in [-0.15, -0.1) is 0 Å². The third-order valence-corrected chi connectivity index (χ3v) is 4.07. The molecule has 2 N–H and O–H groups in total. The molecule has 0 radical (unpaired) electrons. The molecule has 0 aliphatic carbocycles. The van der Waals surface area contributed by atoms with Crippen LogP contribution in [0.2, 0.25) is 0 Å². The van der Waals surface area contributed by atoms with E-state index in [4.69, 9.17) is 0 Å². The van der Waals surface area contributed by atoms with Crippen LogP contribution in [0.5, 0.6) is 0 Å². The molecular formula is C15H21N3O. The fraction of sp³-hybridized carbons (Fsp3) is 0.533. The molecule has 0 bridgehead atoms. The number of nitrogens with zero attached hydrogens (tertiary/aromatic N) is 1. The van der Waals surface area contributed by atoms with Gasteiger partial charge >= 0.3 is 0 Å². The SMILES string of the molecule is CNCCc1ccc2c(c1)CCC(=O)N2C1CNC1. The van der Waals surface area contributed by atoms with Gasteiger partial charge in [0.2, 0.25) is 5.91 Å². The Kier molecular flexibility index (Phi) is 3.53. The molecule has 0 unspecified atom stereocenters. The highest BCUT2D eigenvalue weighted by Crippen LogP contribution is 2.31. The molecule has 1 aromatic carbocycles. The number of benzene rings is 1. The maximum absolute atomic E-state index is 12.1. The first-order chi connectivity index (χ1) is 9.29. The number of hydrogen-bond acceptors (Lipinski definition) is 3. The maximum Gasteiger partial charge on any atom is 0.227 e. The van der Waals surface area contributed by atoms with Crippen LogP contribution in [0, 0.1) is 0 Å². The van der Waals surface area contributed by atoms with Gasteiger partial charge in [0.15, 0.2) is 0 Å². The fourth-order valence-corrected chi connectivity index (χ4v) is 2.85. The first-order valence-corrected chi connectivity index (χ1v) is 7.09. The summed E-state index contributed by atoms with van der Waals surface area (Å²) in [6.45, 7) is 2.84. The van der Waals surface area contributed by atoms with E-state index in [0.717, 1.165) is 38.2 Å². The van der Waals surface area contributed by atoms with E-state index < -0.39 is 0 Å². The number of likely N-dealkylation sites (N-methyl/N-ethyl adjacent to an activating group) is 1. The molecule has 1 fully saturated rings. The second kappa shape index (κ2) is 5.31. The van der Waals surface area contributed by atoms with Gasteiger partial charge in [0.25, 0.3) is 0 Å². The molecule has 1 amide bonds. The fourth-order valence-electron chi connectivity index (χ4n) is 2.85. The van der Waals surface area contributed by atoms with Gasteiger partial charge in [-0.05, 0) is 43.6 Å².